The molecule has 5 nitrogen and oxygen atoms in total. The van der Waals surface area contributed by atoms with Gasteiger partial charge in [0.1, 0.15) is 11.5 Å². The van der Waals surface area contributed by atoms with E-state index in [2.05, 4.69) is 53.5 Å². The molecule has 1 N–H and O–H groups in total. The van der Waals surface area contributed by atoms with Crippen molar-refractivity contribution in [3.63, 3.8) is 0 Å². The maximum absolute atomic E-state index is 13.6. The first-order chi connectivity index (χ1) is 21.8. The van der Waals surface area contributed by atoms with Gasteiger partial charge in [-0.15, -0.1) is 0 Å². The van der Waals surface area contributed by atoms with E-state index < -0.39 is 7.60 Å². The molecule has 0 aliphatic heterocycles. The topological polar surface area (TPSA) is 68.7 Å². The van der Waals surface area contributed by atoms with Crippen LogP contribution in [0, 0.1) is 0 Å². The molecular weight excluding hydrogens is 589 g/mol. The molecule has 1 atom stereocenters. The predicted molar refractivity (Wildman–Crippen MR) is 196 cm³/mol. The zero-order chi connectivity index (χ0) is 33.6. The third kappa shape index (κ3) is 12.7. The van der Waals surface area contributed by atoms with Crippen molar-refractivity contribution in [2.24, 2.45) is 0 Å². The summed E-state index contributed by atoms with van der Waals surface area (Å²) in [6.45, 7) is 15.7. The van der Waals surface area contributed by atoms with Crippen LogP contribution in [0.5, 0.6) is 11.5 Å². The number of ether oxygens (including phenoxy) is 1. The van der Waals surface area contributed by atoms with E-state index in [1.165, 1.54) is 83.5 Å². The van der Waals surface area contributed by atoms with E-state index in [0.29, 0.717) is 12.4 Å². The van der Waals surface area contributed by atoms with Gasteiger partial charge in [0.15, 0.2) is 0 Å². The molecule has 3 aromatic rings. The number of rotatable bonds is 20. The van der Waals surface area contributed by atoms with Gasteiger partial charge in [0.2, 0.25) is 0 Å². The van der Waals surface area contributed by atoms with Gasteiger partial charge in [-0.3, -0.25) is 4.98 Å². The Bertz CT molecular complexity index is 1380. The number of nitrogens with zero attached hydrogens (tertiary/aromatic N) is 1. The van der Waals surface area contributed by atoms with E-state index in [9.17, 15) is 9.46 Å². The fourth-order valence-electron chi connectivity index (χ4n) is 6.10. The second-order valence-electron chi connectivity index (χ2n) is 15.2. The number of aromatic nitrogens is 1. The molecule has 0 spiro atoms. The van der Waals surface area contributed by atoms with Crippen molar-refractivity contribution in [1.82, 2.24) is 4.98 Å². The summed E-state index contributed by atoms with van der Waals surface area (Å²) in [4.78, 5) is 15.6. The van der Waals surface area contributed by atoms with Crippen molar-refractivity contribution in [2.75, 3.05) is 6.61 Å². The van der Waals surface area contributed by atoms with Crippen molar-refractivity contribution in [2.45, 2.75) is 155 Å². The van der Waals surface area contributed by atoms with Crippen LogP contribution in [0.25, 0.3) is 10.9 Å². The summed E-state index contributed by atoms with van der Waals surface area (Å²) in [5, 5.41) is 0.863. The van der Waals surface area contributed by atoms with E-state index in [1.807, 2.05) is 36.4 Å². The predicted octanol–water partition coefficient (Wildman–Crippen LogP) is 12.5. The molecule has 0 fully saturated rings. The first-order valence-corrected chi connectivity index (χ1v) is 19.7. The summed E-state index contributed by atoms with van der Waals surface area (Å²) in [6.07, 6.45) is 20.2. The molecule has 0 amide bonds. The number of benzene rings is 2. The fourth-order valence-corrected chi connectivity index (χ4v) is 7.33. The minimum Gasteiger partial charge on any atom is -0.493 e. The lowest BCUT2D eigenvalue weighted by Crippen LogP contribution is -2.18. The highest BCUT2D eigenvalue weighted by Crippen LogP contribution is 2.51. The smallest absolute Gasteiger partial charge is 0.381 e. The SMILES string of the molecule is CCCCCCCCCCCCCCCCOc1cc(C(C)(C)C)c(OP(=O)(O)Cc2ccnc3ccccc23)cc1C(C)(C)C. The van der Waals surface area contributed by atoms with E-state index >= 15 is 0 Å². The Morgan fingerprint density at radius 1 is 0.696 bits per heavy atom. The van der Waals surface area contributed by atoms with Crippen LogP contribution in [0.3, 0.4) is 0 Å². The molecule has 46 heavy (non-hydrogen) atoms. The second-order valence-corrected chi connectivity index (χ2v) is 16.9. The van der Waals surface area contributed by atoms with Gasteiger partial charge in [0.25, 0.3) is 0 Å². The second kappa shape index (κ2) is 18.3. The molecule has 0 saturated heterocycles. The molecule has 1 unspecified atom stereocenters. The molecule has 0 aliphatic rings. The maximum atomic E-state index is 13.6. The third-order valence-electron chi connectivity index (χ3n) is 8.80. The van der Waals surface area contributed by atoms with Crippen molar-refractivity contribution >= 4 is 18.5 Å². The van der Waals surface area contributed by atoms with Crippen molar-refractivity contribution in [3.8, 4) is 11.5 Å². The highest BCUT2D eigenvalue weighted by atomic mass is 31.2. The van der Waals surface area contributed by atoms with Crippen molar-refractivity contribution in [1.29, 1.82) is 0 Å². The van der Waals surface area contributed by atoms with Crippen LogP contribution in [0.4, 0.5) is 0 Å². The molecule has 0 radical (unpaired) electrons. The maximum Gasteiger partial charge on any atom is 0.381 e. The third-order valence-corrected chi connectivity index (χ3v) is 10.0. The molecule has 3 rings (SSSR count). The lowest BCUT2D eigenvalue weighted by molar-refractivity contribution is 0.294. The molecule has 1 aromatic heterocycles. The van der Waals surface area contributed by atoms with E-state index in [-0.39, 0.29) is 17.0 Å². The monoisotopic (exact) mass is 651 g/mol. The summed E-state index contributed by atoms with van der Waals surface area (Å²) in [7, 11) is -4.05. The lowest BCUT2D eigenvalue weighted by Gasteiger charge is -2.30. The molecule has 0 bridgehead atoms. The number of hydrogen-bond donors (Lipinski definition) is 1. The normalized spacial score (nSPS) is 13.6. The Labute approximate surface area is 280 Å². The van der Waals surface area contributed by atoms with Gasteiger partial charge in [-0.25, -0.2) is 4.57 Å². The zero-order valence-corrected chi connectivity index (χ0v) is 30.9. The van der Waals surface area contributed by atoms with Crippen LogP contribution in [-0.4, -0.2) is 16.5 Å². The average molecular weight is 652 g/mol. The Balaban J connectivity index is 1.57. The number of fused-ring (bicyclic) bond motifs is 1. The highest BCUT2D eigenvalue weighted by molar-refractivity contribution is 7.52. The number of unbranched alkanes of at least 4 members (excludes halogenated alkanes) is 13. The standard InChI is InChI=1S/C40H62NO4P/c1-8-9-10-11-12-13-14-15-16-17-18-19-20-23-28-44-37-29-35(40(5,6)7)38(30-34(37)39(2,3)4)45-46(42,43)31-32-26-27-41-36-25-22-21-24-33(32)36/h21-22,24-27,29-30H,8-20,23,28,31H2,1-7H3,(H,42,43). The Morgan fingerprint density at radius 2 is 1.20 bits per heavy atom. The molecule has 1 heterocycles. The first-order valence-electron chi connectivity index (χ1n) is 18.0. The molecule has 0 aliphatic carbocycles. The Hall–Kier alpha value is -2.36. The quantitative estimate of drug-likeness (QED) is 0.0972. The minimum atomic E-state index is -4.05. The summed E-state index contributed by atoms with van der Waals surface area (Å²) in [6, 6.07) is 13.5. The van der Waals surface area contributed by atoms with Gasteiger partial charge in [-0.05, 0) is 47.1 Å². The molecule has 6 heteroatoms. The zero-order valence-electron chi connectivity index (χ0n) is 30.0. The number of hydrogen-bond acceptors (Lipinski definition) is 4. The van der Waals surface area contributed by atoms with Crippen LogP contribution in [0.1, 0.15) is 155 Å². The van der Waals surface area contributed by atoms with E-state index in [0.717, 1.165) is 39.8 Å². The van der Waals surface area contributed by atoms with Gasteiger partial charge in [0, 0.05) is 22.7 Å². The average Bonchev–Trinajstić information content (AvgIpc) is 2.98. The minimum absolute atomic E-state index is 0.0954. The Morgan fingerprint density at radius 3 is 1.76 bits per heavy atom. The lowest BCUT2D eigenvalue weighted by atomic mass is 9.81. The Kier molecular flexibility index (Phi) is 15.1. The van der Waals surface area contributed by atoms with Crippen LogP contribution < -0.4 is 9.26 Å². The highest BCUT2D eigenvalue weighted by Gasteiger charge is 2.31. The van der Waals surface area contributed by atoms with Crippen molar-refractivity contribution < 1.29 is 18.7 Å². The van der Waals surface area contributed by atoms with Crippen LogP contribution in [-0.2, 0) is 21.6 Å². The summed E-state index contributed by atoms with van der Waals surface area (Å²) >= 11 is 0. The number of pyridine rings is 1. The van der Waals surface area contributed by atoms with E-state index in [1.54, 1.807) is 12.3 Å². The van der Waals surface area contributed by atoms with Gasteiger partial charge in [0.05, 0.1) is 18.3 Å². The summed E-state index contributed by atoms with van der Waals surface area (Å²) < 4.78 is 26.1. The van der Waals surface area contributed by atoms with Crippen LogP contribution in [0.15, 0.2) is 48.7 Å². The van der Waals surface area contributed by atoms with Crippen LogP contribution >= 0.6 is 7.60 Å². The van der Waals surface area contributed by atoms with Crippen LogP contribution in [0.2, 0.25) is 0 Å². The largest absolute Gasteiger partial charge is 0.493 e. The molecule has 0 saturated carbocycles. The van der Waals surface area contributed by atoms with E-state index in [4.69, 9.17) is 9.26 Å². The molecule has 2 aromatic carbocycles. The molecule has 256 valence electrons. The first kappa shape index (κ1) is 38.1. The van der Waals surface area contributed by atoms with Crippen molar-refractivity contribution in [3.05, 3.63) is 65.4 Å². The number of para-hydroxylation sites is 1. The van der Waals surface area contributed by atoms with Gasteiger partial charge < -0.3 is 14.2 Å². The molecular formula is C40H62NO4P. The fraction of sp³-hybridized carbons (Fsp3) is 0.625. The van der Waals surface area contributed by atoms with Gasteiger partial charge in [-0.1, -0.05) is 150 Å². The van der Waals surface area contributed by atoms with Gasteiger partial charge >= 0.3 is 7.60 Å². The summed E-state index contributed by atoms with van der Waals surface area (Å²) in [5.41, 5.74) is 2.84. The van der Waals surface area contributed by atoms with Gasteiger partial charge in [-0.2, -0.15) is 0 Å². The summed E-state index contributed by atoms with van der Waals surface area (Å²) in [5.74, 6) is 1.29.